The van der Waals surface area contributed by atoms with Crippen LogP contribution in [-0.2, 0) is 0 Å². The van der Waals surface area contributed by atoms with Crippen molar-refractivity contribution in [3.63, 3.8) is 0 Å². The lowest BCUT2D eigenvalue weighted by atomic mass is 9.98. The Bertz CT molecular complexity index is 3840. The predicted molar refractivity (Wildman–Crippen MR) is 260 cm³/mol. The van der Waals surface area contributed by atoms with Gasteiger partial charge in [0, 0.05) is 49.9 Å². The molecule has 8 aromatic carbocycles. The molecule has 0 atom stereocenters. The molecule has 0 unspecified atom stereocenters. The fourth-order valence-electron chi connectivity index (χ4n) is 9.60. The third kappa shape index (κ3) is 5.71. The van der Waals surface area contributed by atoms with Crippen molar-refractivity contribution in [2.24, 2.45) is 0 Å². The molecule has 0 bridgehead atoms. The van der Waals surface area contributed by atoms with Gasteiger partial charge in [0.2, 0.25) is 0 Å². The molecule has 0 spiro atoms. The van der Waals surface area contributed by atoms with Crippen molar-refractivity contribution in [2.45, 2.75) is 0 Å². The second-order valence-corrected chi connectivity index (χ2v) is 16.2. The van der Waals surface area contributed by atoms with Gasteiger partial charge in [0.1, 0.15) is 11.1 Å². The molecule has 13 rings (SSSR count). The Morgan fingerprint density at radius 2 is 0.873 bits per heavy atom. The highest BCUT2D eigenvalue weighted by atomic mass is 16.3. The minimum Gasteiger partial charge on any atom is -0.454 e. The number of hydrogen-bond donors (Lipinski definition) is 0. The standard InChI is InChI=1S/C58H36N4O/c1-3-12-39(13-4-1)50-35-44(36-51(60-50)40-14-5-2-6-15-40)62-53-19-10-8-17-46(53)48-32-41(26-29-54(48)62)37-21-23-38(24-22-37)42-25-28-47-45-16-7-9-18-52(45)61(55(47)33-42)43-27-30-56-49(34-43)58-57(63-56)20-11-31-59-58/h1-36H. The number of furan rings is 1. The van der Waals surface area contributed by atoms with Gasteiger partial charge in [-0.15, -0.1) is 0 Å². The van der Waals surface area contributed by atoms with Crippen LogP contribution in [-0.4, -0.2) is 19.1 Å². The van der Waals surface area contributed by atoms with E-state index in [4.69, 9.17) is 9.40 Å². The van der Waals surface area contributed by atoms with Gasteiger partial charge in [0.05, 0.1) is 39.1 Å². The molecule has 294 valence electrons. The maximum atomic E-state index is 6.14. The zero-order valence-corrected chi connectivity index (χ0v) is 34.0. The Morgan fingerprint density at radius 3 is 1.57 bits per heavy atom. The molecule has 5 heterocycles. The fraction of sp³-hybridized carbons (Fsp3) is 0. The van der Waals surface area contributed by atoms with E-state index in [0.717, 1.165) is 89.2 Å². The number of fused-ring (bicyclic) bond motifs is 9. The van der Waals surface area contributed by atoms with Crippen molar-refractivity contribution in [3.8, 4) is 56.1 Å². The average molecular weight is 805 g/mol. The lowest BCUT2D eigenvalue weighted by Gasteiger charge is -2.13. The maximum absolute atomic E-state index is 6.14. The summed E-state index contributed by atoms with van der Waals surface area (Å²) in [7, 11) is 0. The molecule has 0 aliphatic heterocycles. The van der Waals surface area contributed by atoms with Crippen LogP contribution in [0.1, 0.15) is 0 Å². The molecular weight excluding hydrogens is 769 g/mol. The van der Waals surface area contributed by atoms with E-state index in [0.29, 0.717) is 0 Å². The second-order valence-electron chi connectivity index (χ2n) is 16.2. The van der Waals surface area contributed by atoms with E-state index in [-0.39, 0.29) is 0 Å². The van der Waals surface area contributed by atoms with Crippen LogP contribution in [0.2, 0.25) is 0 Å². The summed E-state index contributed by atoms with van der Waals surface area (Å²) in [6, 6.07) is 75.7. The summed E-state index contributed by atoms with van der Waals surface area (Å²) in [5.74, 6) is 0. The molecule has 5 nitrogen and oxygen atoms in total. The van der Waals surface area contributed by atoms with Crippen LogP contribution in [0.4, 0.5) is 0 Å². The molecule has 0 aliphatic rings. The molecule has 0 saturated heterocycles. The van der Waals surface area contributed by atoms with Crippen molar-refractivity contribution in [2.75, 3.05) is 0 Å². The summed E-state index contributed by atoms with van der Waals surface area (Å²) in [4.78, 5) is 9.83. The average Bonchev–Trinajstić information content (AvgIpc) is 4.01. The largest absolute Gasteiger partial charge is 0.454 e. The summed E-state index contributed by atoms with van der Waals surface area (Å²) >= 11 is 0. The SMILES string of the molecule is c1ccc(-c2cc(-n3c4ccccc4c4cc(-c5ccc(-c6ccc7c8ccccc8n(-c8ccc9oc%10cccnc%10c9c8)c7c6)cc5)ccc43)cc(-c3ccccc3)n2)cc1. The first-order chi connectivity index (χ1) is 31.2. The molecule has 0 aliphatic carbocycles. The van der Waals surface area contributed by atoms with Gasteiger partial charge in [-0.3, -0.25) is 4.98 Å². The zero-order chi connectivity index (χ0) is 41.4. The normalized spacial score (nSPS) is 11.8. The molecule has 13 aromatic rings. The predicted octanol–water partition coefficient (Wildman–Crippen LogP) is 15.2. The van der Waals surface area contributed by atoms with E-state index in [1.54, 1.807) is 0 Å². The van der Waals surface area contributed by atoms with Crippen LogP contribution >= 0.6 is 0 Å². The number of benzene rings is 8. The number of para-hydroxylation sites is 2. The van der Waals surface area contributed by atoms with E-state index in [1.165, 1.54) is 32.7 Å². The van der Waals surface area contributed by atoms with Crippen molar-refractivity contribution in [1.29, 1.82) is 0 Å². The van der Waals surface area contributed by atoms with Gasteiger partial charge < -0.3 is 13.6 Å². The third-order valence-electron chi connectivity index (χ3n) is 12.6. The highest BCUT2D eigenvalue weighted by molar-refractivity contribution is 6.12. The smallest absolute Gasteiger partial charge is 0.153 e. The minimum absolute atomic E-state index is 0.796. The molecule has 0 saturated carbocycles. The Kier molecular flexibility index (Phi) is 7.84. The number of nitrogens with zero attached hydrogens (tertiary/aromatic N) is 4. The van der Waals surface area contributed by atoms with E-state index in [9.17, 15) is 0 Å². The second kappa shape index (κ2) is 14.0. The first-order valence-corrected chi connectivity index (χ1v) is 21.3. The number of hydrogen-bond acceptors (Lipinski definition) is 3. The molecule has 0 radical (unpaired) electrons. The topological polar surface area (TPSA) is 48.8 Å². The van der Waals surface area contributed by atoms with E-state index < -0.39 is 0 Å². The first-order valence-electron chi connectivity index (χ1n) is 21.3. The van der Waals surface area contributed by atoms with Crippen molar-refractivity contribution in [3.05, 3.63) is 219 Å². The van der Waals surface area contributed by atoms with Gasteiger partial charge in [0.15, 0.2) is 5.58 Å². The molecule has 0 amide bonds. The van der Waals surface area contributed by atoms with Gasteiger partial charge in [0.25, 0.3) is 0 Å². The molecule has 5 aromatic heterocycles. The fourth-order valence-corrected chi connectivity index (χ4v) is 9.60. The Morgan fingerprint density at radius 1 is 0.317 bits per heavy atom. The number of rotatable bonds is 6. The summed E-state index contributed by atoms with van der Waals surface area (Å²) < 4.78 is 10.9. The third-order valence-corrected chi connectivity index (χ3v) is 12.6. The maximum Gasteiger partial charge on any atom is 0.153 e. The molecule has 0 N–H and O–H groups in total. The quantitative estimate of drug-likeness (QED) is 0.168. The lowest BCUT2D eigenvalue weighted by molar-refractivity contribution is 0.668. The molecule has 5 heteroatoms. The van der Waals surface area contributed by atoms with Crippen molar-refractivity contribution < 1.29 is 4.42 Å². The summed E-state index contributed by atoms with van der Waals surface area (Å²) in [6.45, 7) is 0. The summed E-state index contributed by atoms with van der Waals surface area (Å²) in [5.41, 5.74) is 18.0. The van der Waals surface area contributed by atoms with E-state index in [2.05, 4.69) is 202 Å². The highest BCUT2D eigenvalue weighted by Crippen LogP contribution is 2.40. The number of pyridine rings is 2. The van der Waals surface area contributed by atoms with Crippen LogP contribution in [0.25, 0.3) is 122 Å². The molecular formula is C58H36N4O. The van der Waals surface area contributed by atoms with Gasteiger partial charge >= 0.3 is 0 Å². The Balaban J connectivity index is 0.901. The Hall–Kier alpha value is -8.54. The van der Waals surface area contributed by atoms with E-state index in [1.807, 2.05) is 30.5 Å². The van der Waals surface area contributed by atoms with E-state index >= 15 is 0 Å². The first kappa shape index (κ1) is 35.2. The molecule has 0 fully saturated rings. The lowest BCUT2D eigenvalue weighted by Crippen LogP contribution is -1.98. The van der Waals surface area contributed by atoms with Crippen LogP contribution in [0.15, 0.2) is 223 Å². The number of aromatic nitrogens is 4. The van der Waals surface area contributed by atoms with Crippen LogP contribution in [0.5, 0.6) is 0 Å². The molecule has 63 heavy (non-hydrogen) atoms. The van der Waals surface area contributed by atoms with Crippen LogP contribution in [0.3, 0.4) is 0 Å². The monoisotopic (exact) mass is 804 g/mol. The minimum atomic E-state index is 0.796. The van der Waals surface area contributed by atoms with Crippen LogP contribution in [0, 0.1) is 0 Å². The Labute approximate surface area is 362 Å². The van der Waals surface area contributed by atoms with Crippen molar-refractivity contribution in [1.82, 2.24) is 19.1 Å². The van der Waals surface area contributed by atoms with Gasteiger partial charge in [-0.1, -0.05) is 140 Å². The van der Waals surface area contributed by atoms with Gasteiger partial charge in [-0.2, -0.15) is 0 Å². The van der Waals surface area contributed by atoms with Gasteiger partial charge in [-0.05, 0) is 95.1 Å². The van der Waals surface area contributed by atoms with Crippen molar-refractivity contribution >= 4 is 65.7 Å². The van der Waals surface area contributed by atoms with Crippen LogP contribution < -0.4 is 0 Å². The van der Waals surface area contributed by atoms with Gasteiger partial charge in [-0.25, -0.2) is 4.98 Å². The summed E-state index contributed by atoms with van der Waals surface area (Å²) in [5, 5.41) is 5.87. The highest BCUT2D eigenvalue weighted by Gasteiger charge is 2.18. The zero-order valence-electron chi connectivity index (χ0n) is 34.0. The summed E-state index contributed by atoms with van der Waals surface area (Å²) in [6.07, 6.45) is 1.82.